The Bertz CT molecular complexity index is 695. The number of nitrogens with one attached hydrogen (secondary N) is 1. The van der Waals surface area contributed by atoms with Gasteiger partial charge in [0.1, 0.15) is 0 Å². The molecule has 0 bridgehead atoms. The lowest BCUT2D eigenvalue weighted by atomic mass is 10.1. The monoisotopic (exact) mass is 358 g/mol. The third-order valence-electron chi connectivity index (χ3n) is 4.27. The van der Waals surface area contributed by atoms with Crippen LogP contribution in [0.1, 0.15) is 47.5 Å². The fourth-order valence-corrected chi connectivity index (χ4v) is 3.10. The van der Waals surface area contributed by atoms with Crippen molar-refractivity contribution in [1.82, 2.24) is 10.2 Å². The van der Waals surface area contributed by atoms with Gasteiger partial charge in [0.25, 0.3) is 0 Å². The first-order chi connectivity index (χ1) is 12.0. The summed E-state index contributed by atoms with van der Waals surface area (Å²) in [7, 11) is 2.09. The molecule has 1 N–H and O–H groups in total. The van der Waals surface area contributed by atoms with E-state index in [0.29, 0.717) is 12.6 Å². The molecule has 1 aromatic carbocycles. The highest BCUT2D eigenvalue weighted by atomic mass is 32.1. The van der Waals surface area contributed by atoms with E-state index in [1.165, 1.54) is 16.9 Å². The summed E-state index contributed by atoms with van der Waals surface area (Å²) in [4.78, 5) is 27.0. The van der Waals surface area contributed by atoms with Crippen LogP contribution in [0, 0.1) is 0 Å². The second kappa shape index (κ2) is 9.49. The SMILES string of the molecule is CC(C)N(C)Cc1ccccc1CNC(=O)CCC(=O)c1cccs1. The van der Waals surface area contributed by atoms with Gasteiger partial charge < -0.3 is 5.32 Å². The van der Waals surface area contributed by atoms with Gasteiger partial charge in [0, 0.05) is 32.0 Å². The molecule has 0 aliphatic carbocycles. The molecule has 0 saturated heterocycles. The molecule has 1 aromatic heterocycles. The summed E-state index contributed by atoms with van der Waals surface area (Å²) in [5.74, 6) is -0.0546. The van der Waals surface area contributed by atoms with Crippen molar-refractivity contribution in [3.63, 3.8) is 0 Å². The fraction of sp³-hybridized carbons (Fsp3) is 0.400. The van der Waals surface area contributed by atoms with E-state index in [9.17, 15) is 9.59 Å². The summed E-state index contributed by atoms with van der Waals surface area (Å²) in [5.41, 5.74) is 2.33. The zero-order chi connectivity index (χ0) is 18.2. The molecule has 2 rings (SSSR count). The summed E-state index contributed by atoms with van der Waals surface area (Å²) in [5, 5.41) is 4.81. The first-order valence-electron chi connectivity index (χ1n) is 8.57. The molecule has 0 saturated carbocycles. The van der Waals surface area contributed by atoms with Crippen LogP contribution in [0.25, 0.3) is 0 Å². The molecule has 2 aromatic rings. The fourth-order valence-electron chi connectivity index (χ4n) is 2.41. The minimum atomic E-state index is -0.0862. The van der Waals surface area contributed by atoms with Crippen LogP contribution < -0.4 is 5.32 Å². The van der Waals surface area contributed by atoms with Crippen molar-refractivity contribution in [1.29, 1.82) is 0 Å². The highest BCUT2D eigenvalue weighted by Gasteiger charge is 2.11. The largest absolute Gasteiger partial charge is 0.352 e. The molecule has 0 aliphatic heterocycles. The van der Waals surface area contributed by atoms with Crippen molar-refractivity contribution in [2.45, 2.75) is 45.8 Å². The Morgan fingerprint density at radius 3 is 2.44 bits per heavy atom. The van der Waals surface area contributed by atoms with Gasteiger partial charge in [-0.2, -0.15) is 0 Å². The van der Waals surface area contributed by atoms with E-state index in [2.05, 4.69) is 37.2 Å². The van der Waals surface area contributed by atoms with Crippen LogP contribution in [0.3, 0.4) is 0 Å². The van der Waals surface area contributed by atoms with Gasteiger partial charge in [-0.25, -0.2) is 0 Å². The lowest BCUT2D eigenvalue weighted by Crippen LogP contribution is -2.27. The minimum absolute atomic E-state index is 0.0316. The van der Waals surface area contributed by atoms with Crippen LogP contribution in [0.15, 0.2) is 41.8 Å². The Balaban J connectivity index is 1.84. The second-order valence-electron chi connectivity index (χ2n) is 6.45. The maximum atomic E-state index is 12.1. The Morgan fingerprint density at radius 1 is 1.08 bits per heavy atom. The van der Waals surface area contributed by atoms with Crippen LogP contribution in [0.4, 0.5) is 0 Å². The number of rotatable bonds is 9. The van der Waals surface area contributed by atoms with Gasteiger partial charge in [0.2, 0.25) is 5.91 Å². The van der Waals surface area contributed by atoms with Gasteiger partial charge >= 0.3 is 0 Å². The van der Waals surface area contributed by atoms with E-state index in [4.69, 9.17) is 0 Å². The summed E-state index contributed by atoms with van der Waals surface area (Å²) in [6, 6.07) is 12.3. The lowest BCUT2D eigenvalue weighted by Gasteiger charge is -2.22. The molecular weight excluding hydrogens is 332 g/mol. The van der Waals surface area contributed by atoms with Crippen molar-refractivity contribution in [3.05, 3.63) is 57.8 Å². The predicted molar refractivity (Wildman–Crippen MR) is 103 cm³/mol. The quantitative estimate of drug-likeness (QED) is 0.692. The van der Waals surface area contributed by atoms with E-state index in [-0.39, 0.29) is 24.5 Å². The normalized spacial score (nSPS) is 11.1. The molecule has 0 atom stereocenters. The molecule has 0 unspecified atom stereocenters. The summed E-state index contributed by atoms with van der Waals surface area (Å²) < 4.78 is 0. The van der Waals surface area contributed by atoms with Gasteiger partial charge in [-0.3, -0.25) is 14.5 Å². The number of Topliss-reactive ketones (excluding diaryl/α,β-unsaturated/α-hetero) is 1. The van der Waals surface area contributed by atoms with Gasteiger partial charge in [-0.15, -0.1) is 11.3 Å². The number of carbonyl (C=O) groups is 2. The Hall–Kier alpha value is -1.98. The van der Waals surface area contributed by atoms with Gasteiger partial charge in [0.15, 0.2) is 5.78 Å². The zero-order valence-corrected chi connectivity index (χ0v) is 15.9. The molecule has 5 heteroatoms. The molecule has 4 nitrogen and oxygen atoms in total. The molecule has 1 heterocycles. The van der Waals surface area contributed by atoms with E-state index < -0.39 is 0 Å². The highest BCUT2D eigenvalue weighted by molar-refractivity contribution is 7.12. The number of carbonyl (C=O) groups excluding carboxylic acids is 2. The first kappa shape index (κ1) is 19.3. The molecule has 0 fully saturated rings. The summed E-state index contributed by atoms with van der Waals surface area (Å²) in [6.07, 6.45) is 0.481. The number of nitrogens with zero attached hydrogens (tertiary/aromatic N) is 1. The second-order valence-corrected chi connectivity index (χ2v) is 7.40. The number of hydrogen-bond donors (Lipinski definition) is 1. The molecule has 0 spiro atoms. The van der Waals surface area contributed by atoms with Crippen molar-refractivity contribution in [3.8, 4) is 0 Å². The molecule has 0 radical (unpaired) electrons. The van der Waals surface area contributed by atoms with E-state index in [0.717, 1.165) is 17.0 Å². The molecule has 134 valence electrons. The van der Waals surface area contributed by atoms with Crippen molar-refractivity contribution < 1.29 is 9.59 Å². The molecular formula is C20H26N2O2S. The standard InChI is InChI=1S/C20H26N2O2S/c1-15(2)22(3)14-17-8-5-4-7-16(17)13-21-20(24)11-10-18(23)19-9-6-12-25-19/h4-9,12,15H,10-11,13-14H2,1-3H3,(H,21,24). The molecule has 25 heavy (non-hydrogen) atoms. The Morgan fingerprint density at radius 2 is 1.80 bits per heavy atom. The average Bonchev–Trinajstić information content (AvgIpc) is 3.13. The highest BCUT2D eigenvalue weighted by Crippen LogP contribution is 2.14. The third-order valence-corrected chi connectivity index (χ3v) is 5.18. The van der Waals surface area contributed by atoms with Crippen LogP contribution in [-0.2, 0) is 17.9 Å². The average molecular weight is 359 g/mol. The van der Waals surface area contributed by atoms with Crippen LogP contribution in [0.5, 0.6) is 0 Å². The maximum Gasteiger partial charge on any atom is 0.220 e. The zero-order valence-electron chi connectivity index (χ0n) is 15.1. The van der Waals surface area contributed by atoms with E-state index in [1.54, 1.807) is 6.07 Å². The van der Waals surface area contributed by atoms with Crippen LogP contribution >= 0.6 is 11.3 Å². The van der Waals surface area contributed by atoms with Gasteiger partial charge in [-0.1, -0.05) is 30.3 Å². The number of hydrogen-bond acceptors (Lipinski definition) is 4. The van der Waals surface area contributed by atoms with Crippen LogP contribution in [0.2, 0.25) is 0 Å². The third kappa shape index (κ3) is 6.11. The van der Waals surface area contributed by atoms with Crippen molar-refractivity contribution in [2.24, 2.45) is 0 Å². The topological polar surface area (TPSA) is 49.4 Å². The van der Waals surface area contributed by atoms with Crippen molar-refractivity contribution >= 4 is 23.0 Å². The predicted octanol–water partition coefficient (Wildman–Crippen LogP) is 3.87. The maximum absolute atomic E-state index is 12.1. The van der Waals surface area contributed by atoms with Crippen LogP contribution in [-0.4, -0.2) is 29.7 Å². The van der Waals surface area contributed by atoms with Gasteiger partial charge in [0.05, 0.1) is 4.88 Å². The lowest BCUT2D eigenvalue weighted by molar-refractivity contribution is -0.121. The number of ketones is 1. The molecule has 0 aliphatic rings. The van der Waals surface area contributed by atoms with Gasteiger partial charge in [-0.05, 0) is 43.5 Å². The smallest absolute Gasteiger partial charge is 0.220 e. The van der Waals surface area contributed by atoms with Crippen molar-refractivity contribution in [2.75, 3.05) is 7.05 Å². The summed E-state index contributed by atoms with van der Waals surface area (Å²) in [6.45, 7) is 5.67. The number of amides is 1. The van der Waals surface area contributed by atoms with E-state index in [1.807, 2.05) is 29.6 Å². The summed E-state index contributed by atoms with van der Waals surface area (Å²) >= 11 is 1.42. The molecule has 1 amide bonds. The minimum Gasteiger partial charge on any atom is -0.352 e. The number of benzene rings is 1. The van der Waals surface area contributed by atoms with E-state index >= 15 is 0 Å². The Labute approximate surface area is 153 Å². The first-order valence-corrected chi connectivity index (χ1v) is 9.45. The number of thiophene rings is 1. The Kier molecular flexibility index (Phi) is 7.34.